The predicted octanol–water partition coefficient (Wildman–Crippen LogP) is 2.84. The third-order valence-corrected chi connectivity index (χ3v) is 8.11. The highest BCUT2D eigenvalue weighted by Gasteiger charge is 2.48. The molecule has 1 aliphatic heterocycles. The molecule has 1 aromatic rings. The highest BCUT2D eigenvalue weighted by atomic mass is 19.4. The van der Waals surface area contributed by atoms with Crippen molar-refractivity contribution in [2.24, 2.45) is 29.2 Å². The Labute approximate surface area is 267 Å². The van der Waals surface area contributed by atoms with E-state index in [0.717, 1.165) is 12.7 Å². The molecule has 4 atom stereocenters. The smallest absolute Gasteiger partial charge is 0.404 e. The Bertz CT molecular complexity index is 1180. The van der Waals surface area contributed by atoms with Crippen LogP contribution in [-0.4, -0.2) is 79.5 Å². The van der Waals surface area contributed by atoms with Gasteiger partial charge in [-0.15, -0.1) is 0 Å². The Morgan fingerprint density at radius 3 is 2.33 bits per heavy atom. The molecular weight excluding hydrogens is 609 g/mol. The summed E-state index contributed by atoms with van der Waals surface area (Å²) in [6, 6.07) is 3.48. The molecule has 2 rings (SSSR count). The van der Waals surface area contributed by atoms with Crippen molar-refractivity contribution < 1.29 is 41.9 Å². The maximum absolute atomic E-state index is 13.7. The SMILES string of the molecule is COC(=O)C1CCN(CCCC(=O)N[C@H](C(=O)C[C@@H](CCCNC(N)=O)C(=O)Nc2ccc(CN)cc2)C(C)C)C(C(F)(F)F)C1. The molecule has 258 valence electrons. The number of benzene rings is 1. The number of piperidine rings is 1. The molecule has 1 aromatic carbocycles. The first-order valence-corrected chi connectivity index (χ1v) is 15.5. The van der Waals surface area contributed by atoms with Gasteiger partial charge in [-0.2, -0.15) is 13.2 Å². The van der Waals surface area contributed by atoms with Gasteiger partial charge in [0.1, 0.15) is 6.04 Å². The molecule has 15 heteroatoms. The highest BCUT2D eigenvalue weighted by molar-refractivity contribution is 5.97. The number of methoxy groups -OCH3 is 1. The standard InChI is InChI=1S/C31H47F3N6O6/c1-19(2)27(39-26(42)7-5-14-40-15-12-22(29(44)46-3)17-25(40)31(32,33)34)24(41)16-21(6-4-13-37-30(36)45)28(43)38-23-10-8-20(18-35)9-11-23/h8-11,19,21-22,25,27H,4-7,12-18,35H2,1-3H3,(H,38,43)(H,39,42)(H3,36,37,45)/t21-,22?,25?,27+/m1/s1. The number of hydrogen-bond acceptors (Lipinski definition) is 8. The summed E-state index contributed by atoms with van der Waals surface area (Å²) >= 11 is 0. The summed E-state index contributed by atoms with van der Waals surface area (Å²) in [4.78, 5) is 63.6. The van der Waals surface area contributed by atoms with E-state index in [1.54, 1.807) is 38.1 Å². The van der Waals surface area contributed by atoms with E-state index in [0.29, 0.717) is 18.7 Å². The summed E-state index contributed by atoms with van der Waals surface area (Å²) in [6.45, 7) is 4.05. The number of ether oxygens (including phenoxy) is 1. The van der Waals surface area contributed by atoms with Crippen molar-refractivity contribution in [1.82, 2.24) is 15.5 Å². The van der Waals surface area contributed by atoms with E-state index >= 15 is 0 Å². The summed E-state index contributed by atoms with van der Waals surface area (Å²) in [5, 5.41) is 7.96. The lowest BCUT2D eigenvalue weighted by Gasteiger charge is -2.39. The molecule has 1 aliphatic rings. The molecule has 0 aliphatic carbocycles. The van der Waals surface area contributed by atoms with E-state index < -0.39 is 60.3 Å². The van der Waals surface area contributed by atoms with Gasteiger partial charge in [-0.1, -0.05) is 26.0 Å². The second-order valence-corrected chi connectivity index (χ2v) is 11.9. The van der Waals surface area contributed by atoms with Crippen LogP contribution in [-0.2, 0) is 30.5 Å². The third-order valence-electron chi connectivity index (χ3n) is 8.11. The van der Waals surface area contributed by atoms with E-state index in [4.69, 9.17) is 11.5 Å². The minimum Gasteiger partial charge on any atom is -0.469 e. The first kappa shape index (κ1) is 38.5. The van der Waals surface area contributed by atoms with Gasteiger partial charge in [-0.05, 0) is 68.8 Å². The van der Waals surface area contributed by atoms with E-state index in [1.165, 1.54) is 4.90 Å². The van der Waals surface area contributed by atoms with Crippen LogP contribution in [0.3, 0.4) is 0 Å². The van der Waals surface area contributed by atoms with E-state index in [2.05, 4.69) is 20.7 Å². The molecule has 0 bridgehead atoms. The van der Waals surface area contributed by atoms with Crippen LogP contribution in [0.15, 0.2) is 24.3 Å². The molecule has 2 unspecified atom stereocenters. The molecular formula is C31H47F3N6O6. The van der Waals surface area contributed by atoms with Crippen molar-refractivity contribution in [3.8, 4) is 0 Å². The molecule has 0 radical (unpaired) electrons. The van der Waals surface area contributed by atoms with Gasteiger partial charge in [0, 0.05) is 37.5 Å². The number of rotatable bonds is 17. The highest BCUT2D eigenvalue weighted by Crippen LogP contribution is 2.35. The number of carbonyl (C=O) groups excluding carboxylic acids is 5. The molecule has 7 N–H and O–H groups in total. The number of nitrogens with one attached hydrogen (secondary N) is 3. The Kier molecular flexibility index (Phi) is 15.4. The number of nitrogens with two attached hydrogens (primary N) is 2. The molecule has 4 amide bonds. The minimum atomic E-state index is -4.54. The van der Waals surface area contributed by atoms with Gasteiger partial charge in [0.25, 0.3) is 0 Å². The molecule has 1 heterocycles. The maximum Gasteiger partial charge on any atom is 0.404 e. The Morgan fingerprint density at radius 2 is 1.76 bits per heavy atom. The van der Waals surface area contributed by atoms with Crippen LogP contribution in [0.2, 0.25) is 0 Å². The number of ketones is 1. The fourth-order valence-corrected chi connectivity index (χ4v) is 5.53. The number of halogens is 3. The first-order chi connectivity index (χ1) is 21.7. The van der Waals surface area contributed by atoms with Gasteiger partial charge in [0.05, 0.1) is 19.1 Å². The summed E-state index contributed by atoms with van der Waals surface area (Å²) in [5.74, 6) is -3.87. The summed E-state index contributed by atoms with van der Waals surface area (Å²) < 4.78 is 45.9. The lowest BCUT2D eigenvalue weighted by atomic mass is 9.89. The lowest BCUT2D eigenvalue weighted by Crippen LogP contribution is -2.52. The van der Waals surface area contributed by atoms with Crippen molar-refractivity contribution in [1.29, 1.82) is 0 Å². The molecule has 1 saturated heterocycles. The van der Waals surface area contributed by atoms with Crippen molar-refractivity contribution in [2.75, 3.05) is 32.1 Å². The summed E-state index contributed by atoms with van der Waals surface area (Å²) in [7, 11) is 1.15. The first-order valence-electron chi connectivity index (χ1n) is 15.5. The van der Waals surface area contributed by atoms with Crippen molar-refractivity contribution in [3.05, 3.63) is 29.8 Å². The molecule has 0 saturated carbocycles. The number of hydrogen-bond donors (Lipinski definition) is 5. The van der Waals surface area contributed by atoms with Crippen molar-refractivity contribution in [2.45, 2.75) is 83.6 Å². The van der Waals surface area contributed by atoms with Crippen LogP contribution in [0.1, 0.15) is 64.4 Å². The third kappa shape index (κ3) is 12.6. The number of urea groups is 1. The largest absolute Gasteiger partial charge is 0.469 e. The van der Waals surface area contributed by atoms with Crippen molar-refractivity contribution in [3.63, 3.8) is 0 Å². The Balaban J connectivity index is 2.01. The number of nitrogens with zero attached hydrogens (tertiary/aromatic N) is 1. The summed E-state index contributed by atoms with van der Waals surface area (Å²) in [6.07, 6.45) is -4.29. The number of Topliss-reactive ketones (excluding diaryl/α,β-unsaturated/α-hetero) is 1. The number of primary amides is 1. The average Bonchev–Trinajstić information content (AvgIpc) is 3.00. The summed E-state index contributed by atoms with van der Waals surface area (Å²) in [5.41, 5.74) is 12.1. The Morgan fingerprint density at radius 1 is 1.09 bits per heavy atom. The lowest BCUT2D eigenvalue weighted by molar-refractivity contribution is -0.198. The molecule has 12 nitrogen and oxygen atoms in total. The maximum atomic E-state index is 13.7. The zero-order valence-corrected chi connectivity index (χ0v) is 26.7. The number of likely N-dealkylation sites (tertiary alicyclic amines) is 1. The minimum absolute atomic E-state index is 0.0143. The molecule has 0 aromatic heterocycles. The molecule has 0 spiro atoms. The van der Waals surface area contributed by atoms with Gasteiger partial charge in [-0.3, -0.25) is 24.1 Å². The fraction of sp³-hybridized carbons (Fsp3) is 0.645. The number of carbonyl (C=O) groups is 5. The Hall–Kier alpha value is -3.72. The van der Waals surface area contributed by atoms with E-state index in [-0.39, 0.29) is 63.4 Å². The normalized spacial score (nSPS) is 18.3. The van der Waals surface area contributed by atoms with Crippen LogP contribution in [0.25, 0.3) is 0 Å². The monoisotopic (exact) mass is 656 g/mol. The van der Waals surface area contributed by atoms with Crippen molar-refractivity contribution >= 4 is 35.3 Å². The number of alkyl halides is 3. The number of esters is 1. The van der Waals surface area contributed by atoms with Crippen LogP contribution < -0.4 is 27.4 Å². The van der Waals surface area contributed by atoms with E-state index in [1.807, 2.05) is 0 Å². The zero-order valence-electron chi connectivity index (χ0n) is 26.7. The van der Waals surface area contributed by atoms with Gasteiger partial charge in [-0.25, -0.2) is 4.79 Å². The fourth-order valence-electron chi connectivity index (χ4n) is 5.53. The molecule has 1 fully saturated rings. The van der Waals surface area contributed by atoms with Gasteiger partial charge >= 0.3 is 18.2 Å². The van der Waals surface area contributed by atoms with Gasteiger partial charge < -0.3 is 32.2 Å². The topological polar surface area (TPSA) is 186 Å². The average molecular weight is 657 g/mol. The van der Waals surface area contributed by atoms with Crippen LogP contribution in [0.4, 0.5) is 23.7 Å². The van der Waals surface area contributed by atoms with Crippen LogP contribution in [0.5, 0.6) is 0 Å². The van der Waals surface area contributed by atoms with Gasteiger partial charge in [0.2, 0.25) is 11.8 Å². The second-order valence-electron chi connectivity index (χ2n) is 11.9. The zero-order chi connectivity index (χ0) is 34.4. The number of anilines is 1. The van der Waals surface area contributed by atoms with Crippen LogP contribution in [0, 0.1) is 17.8 Å². The number of amides is 4. The molecule has 46 heavy (non-hydrogen) atoms. The quantitative estimate of drug-likeness (QED) is 0.125. The second kappa shape index (κ2) is 18.4. The van der Waals surface area contributed by atoms with Gasteiger partial charge in [0.15, 0.2) is 5.78 Å². The van der Waals surface area contributed by atoms with E-state index in [9.17, 15) is 37.1 Å². The van der Waals surface area contributed by atoms with Crippen LogP contribution >= 0.6 is 0 Å². The predicted molar refractivity (Wildman–Crippen MR) is 165 cm³/mol.